The van der Waals surface area contributed by atoms with Crippen LogP contribution in [0, 0.1) is 13.8 Å². The van der Waals surface area contributed by atoms with Crippen molar-refractivity contribution in [3.05, 3.63) is 47.0 Å². The van der Waals surface area contributed by atoms with Crippen molar-refractivity contribution in [2.45, 2.75) is 33.6 Å². The van der Waals surface area contributed by atoms with Crippen LogP contribution in [0.4, 0.5) is 0 Å². The van der Waals surface area contributed by atoms with Crippen LogP contribution < -0.4 is 0 Å². The molecule has 0 heterocycles. The molecule has 0 N–H and O–H groups in total. The lowest BCUT2D eigenvalue weighted by Crippen LogP contribution is -2.01. The molecule has 0 saturated heterocycles. The Morgan fingerprint density at radius 3 is 2.47 bits per heavy atom. The maximum Gasteiger partial charge on any atom is 0.166 e. The fraction of sp³-hybridized carbons (Fsp3) is 0.357. The van der Waals surface area contributed by atoms with Crippen LogP contribution in [-0.2, 0) is 0 Å². The third-order valence-electron chi connectivity index (χ3n) is 2.74. The van der Waals surface area contributed by atoms with Gasteiger partial charge in [-0.05, 0) is 37.5 Å². The van der Waals surface area contributed by atoms with Crippen molar-refractivity contribution in [1.82, 2.24) is 0 Å². The number of ketones is 1. The minimum Gasteiger partial charge on any atom is -0.294 e. The first-order valence-corrected chi connectivity index (χ1v) is 5.31. The number of carbonyl (C=O) groups excluding carboxylic acids is 1. The highest BCUT2D eigenvalue weighted by Gasteiger charge is 2.07. The zero-order chi connectivity index (χ0) is 11.4. The number of rotatable bonds is 4. The molecule has 0 unspecified atom stereocenters. The van der Waals surface area contributed by atoms with Crippen LogP contribution in [0.5, 0.6) is 0 Å². The SMILES string of the molecule is C=C(CC)CC(=O)c1ccc(C)c(C)c1. The van der Waals surface area contributed by atoms with Crippen molar-refractivity contribution in [2.75, 3.05) is 0 Å². The Balaban J connectivity index is 2.83. The summed E-state index contributed by atoms with van der Waals surface area (Å²) in [6.07, 6.45) is 1.34. The summed E-state index contributed by atoms with van der Waals surface area (Å²) in [4.78, 5) is 11.8. The normalized spacial score (nSPS) is 10.1. The first kappa shape index (κ1) is 11.7. The number of aryl methyl sites for hydroxylation is 2. The second kappa shape index (κ2) is 4.92. The summed E-state index contributed by atoms with van der Waals surface area (Å²) in [6, 6.07) is 5.85. The quantitative estimate of drug-likeness (QED) is 0.535. The van der Waals surface area contributed by atoms with Crippen LogP contribution in [0.3, 0.4) is 0 Å². The Morgan fingerprint density at radius 1 is 1.27 bits per heavy atom. The largest absolute Gasteiger partial charge is 0.294 e. The molecule has 0 aliphatic heterocycles. The highest BCUT2D eigenvalue weighted by molar-refractivity contribution is 5.97. The van der Waals surface area contributed by atoms with E-state index in [0.717, 1.165) is 17.6 Å². The molecule has 80 valence electrons. The summed E-state index contributed by atoms with van der Waals surface area (Å²) in [5.74, 6) is 0.171. The summed E-state index contributed by atoms with van der Waals surface area (Å²) >= 11 is 0. The number of allylic oxidation sites excluding steroid dienone is 1. The van der Waals surface area contributed by atoms with E-state index in [4.69, 9.17) is 0 Å². The standard InChI is InChI=1S/C14H18O/c1-5-10(2)8-14(15)13-7-6-11(3)12(4)9-13/h6-7,9H,2,5,8H2,1,3-4H3. The van der Waals surface area contributed by atoms with Gasteiger partial charge in [0.05, 0.1) is 0 Å². The van der Waals surface area contributed by atoms with Gasteiger partial charge >= 0.3 is 0 Å². The molecule has 0 atom stereocenters. The monoisotopic (exact) mass is 202 g/mol. The van der Waals surface area contributed by atoms with E-state index in [1.54, 1.807) is 0 Å². The van der Waals surface area contributed by atoms with Crippen LogP contribution in [-0.4, -0.2) is 5.78 Å². The molecule has 0 aliphatic carbocycles. The lowest BCUT2D eigenvalue weighted by Gasteiger charge is -2.05. The summed E-state index contributed by atoms with van der Waals surface area (Å²) in [5.41, 5.74) is 4.19. The smallest absolute Gasteiger partial charge is 0.166 e. The maximum atomic E-state index is 11.8. The van der Waals surface area contributed by atoms with E-state index in [2.05, 4.69) is 13.5 Å². The highest BCUT2D eigenvalue weighted by Crippen LogP contribution is 2.14. The molecule has 0 spiro atoms. The Bertz CT molecular complexity index is 388. The number of Topliss-reactive ketones (excluding diaryl/α,β-unsaturated/α-hetero) is 1. The topological polar surface area (TPSA) is 17.1 Å². The predicted octanol–water partition coefficient (Wildman–Crippen LogP) is 3.84. The number of carbonyl (C=O) groups is 1. The lowest BCUT2D eigenvalue weighted by molar-refractivity contribution is 0.0992. The van der Waals surface area contributed by atoms with Gasteiger partial charge in [0.1, 0.15) is 0 Å². The third kappa shape index (κ3) is 3.05. The minimum absolute atomic E-state index is 0.171. The van der Waals surface area contributed by atoms with Gasteiger partial charge in [-0.25, -0.2) is 0 Å². The van der Waals surface area contributed by atoms with Crippen LogP contribution >= 0.6 is 0 Å². The molecule has 1 aromatic carbocycles. The maximum absolute atomic E-state index is 11.8. The van der Waals surface area contributed by atoms with Crippen molar-refractivity contribution >= 4 is 5.78 Å². The lowest BCUT2D eigenvalue weighted by atomic mass is 9.99. The summed E-state index contributed by atoms with van der Waals surface area (Å²) in [6.45, 7) is 9.96. The zero-order valence-corrected chi connectivity index (χ0v) is 9.76. The van der Waals surface area contributed by atoms with E-state index in [-0.39, 0.29) is 5.78 Å². The molecule has 1 nitrogen and oxygen atoms in total. The van der Waals surface area contributed by atoms with Crippen LogP contribution in [0.2, 0.25) is 0 Å². The molecule has 0 aliphatic rings. The molecular weight excluding hydrogens is 184 g/mol. The number of benzene rings is 1. The number of hydrogen-bond acceptors (Lipinski definition) is 1. The predicted molar refractivity (Wildman–Crippen MR) is 64.3 cm³/mol. The summed E-state index contributed by atoms with van der Waals surface area (Å²) in [7, 11) is 0. The van der Waals surface area contributed by atoms with Gasteiger partial charge in [0.25, 0.3) is 0 Å². The van der Waals surface area contributed by atoms with Crippen LogP contribution in [0.25, 0.3) is 0 Å². The third-order valence-corrected chi connectivity index (χ3v) is 2.74. The molecule has 0 bridgehead atoms. The van der Waals surface area contributed by atoms with Crippen molar-refractivity contribution in [3.8, 4) is 0 Å². The van der Waals surface area contributed by atoms with Crippen molar-refractivity contribution in [3.63, 3.8) is 0 Å². The fourth-order valence-corrected chi connectivity index (χ4v) is 1.37. The van der Waals surface area contributed by atoms with Crippen molar-refractivity contribution in [2.24, 2.45) is 0 Å². The minimum atomic E-state index is 0.171. The fourth-order valence-electron chi connectivity index (χ4n) is 1.37. The van der Waals surface area contributed by atoms with Gasteiger partial charge in [-0.2, -0.15) is 0 Å². The zero-order valence-electron chi connectivity index (χ0n) is 9.76. The van der Waals surface area contributed by atoms with E-state index in [1.807, 2.05) is 32.0 Å². The molecule has 0 amide bonds. The molecule has 1 rings (SSSR count). The average molecular weight is 202 g/mol. The first-order valence-electron chi connectivity index (χ1n) is 5.31. The first-order chi connectivity index (χ1) is 7.04. The molecule has 0 saturated carbocycles. The van der Waals surface area contributed by atoms with Crippen molar-refractivity contribution < 1.29 is 4.79 Å². The van der Waals surface area contributed by atoms with E-state index in [9.17, 15) is 4.79 Å². The van der Waals surface area contributed by atoms with Gasteiger partial charge in [-0.15, -0.1) is 0 Å². The van der Waals surface area contributed by atoms with Crippen molar-refractivity contribution in [1.29, 1.82) is 0 Å². The molecule has 15 heavy (non-hydrogen) atoms. The van der Waals surface area contributed by atoms with E-state index in [1.165, 1.54) is 11.1 Å². The van der Waals surface area contributed by atoms with Crippen LogP contribution in [0.1, 0.15) is 41.3 Å². The Labute approximate surface area is 91.8 Å². The molecule has 0 fully saturated rings. The average Bonchev–Trinajstić information content (AvgIpc) is 2.21. The molecular formula is C14H18O. The molecule has 0 aromatic heterocycles. The number of hydrogen-bond donors (Lipinski definition) is 0. The molecule has 0 radical (unpaired) electrons. The second-order valence-electron chi connectivity index (χ2n) is 4.00. The van der Waals surface area contributed by atoms with Gasteiger partial charge in [-0.1, -0.05) is 31.2 Å². The molecule has 1 aromatic rings. The van der Waals surface area contributed by atoms with E-state index < -0.39 is 0 Å². The van der Waals surface area contributed by atoms with Gasteiger partial charge in [0.15, 0.2) is 5.78 Å². The van der Waals surface area contributed by atoms with Gasteiger partial charge in [0, 0.05) is 12.0 Å². The second-order valence-corrected chi connectivity index (χ2v) is 4.00. The molecule has 1 heteroatoms. The van der Waals surface area contributed by atoms with Gasteiger partial charge in [-0.3, -0.25) is 4.79 Å². The highest BCUT2D eigenvalue weighted by atomic mass is 16.1. The van der Waals surface area contributed by atoms with E-state index >= 15 is 0 Å². The van der Waals surface area contributed by atoms with Gasteiger partial charge in [0.2, 0.25) is 0 Å². The van der Waals surface area contributed by atoms with E-state index in [0.29, 0.717) is 6.42 Å². The summed E-state index contributed by atoms with van der Waals surface area (Å²) < 4.78 is 0. The Hall–Kier alpha value is -1.37. The Kier molecular flexibility index (Phi) is 3.84. The Morgan fingerprint density at radius 2 is 1.93 bits per heavy atom. The van der Waals surface area contributed by atoms with Crippen LogP contribution in [0.15, 0.2) is 30.4 Å². The summed E-state index contributed by atoms with van der Waals surface area (Å²) in [5, 5.41) is 0. The van der Waals surface area contributed by atoms with Gasteiger partial charge < -0.3 is 0 Å².